The molecule has 250 valence electrons. The molecule has 2 unspecified atom stereocenters. The minimum absolute atomic E-state index is 0.314. The van der Waals surface area contributed by atoms with Crippen molar-refractivity contribution in [1.29, 1.82) is 0 Å². The van der Waals surface area contributed by atoms with E-state index in [1.165, 1.54) is 92.5 Å². The molecule has 0 aliphatic heterocycles. The fourth-order valence-electron chi connectivity index (χ4n) is 10.1. The standard InChI is InChI=1S/C50H33NO2/c1-3-10-46-36(6-1)42-24-30(16-18-48(42)52-46)28-12-14-32-22-40-38-8-5-9-39-41-23-33-15-13-29(31-17-19-49-43(25-31)37-7-2-4-11-47(37)53-49)21-35(33)27-45(41)51(50(38)39)44(40)26-34(32)20-28/h1-4,6-8,10-15,17-20,22-27,29-30H,5,9,16,21H2. The van der Waals surface area contributed by atoms with Gasteiger partial charge in [0.2, 0.25) is 0 Å². The van der Waals surface area contributed by atoms with E-state index in [0.29, 0.717) is 11.8 Å². The van der Waals surface area contributed by atoms with Crippen molar-refractivity contribution >= 4 is 95.3 Å². The molecule has 0 N–H and O–H groups in total. The minimum Gasteiger partial charge on any atom is -0.456 e. The second-order valence-corrected chi connectivity index (χ2v) is 15.5. The minimum atomic E-state index is 0.314. The van der Waals surface area contributed by atoms with Crippen LogP contribution in [0.4, 0.5) is 0 Å². The maximum absolute atomic E-state index is 6.18. The van der Waals surface area contributed by atoms with Crippen LogP contribution in [-0.4, -0.2) is 4.40 Å². The number of nitrogens with zero attached hydrogens (tertiary/aromatic N) is 1. The van der Waals surface area contributed by atoms with Crippen molar-refractivity contribution < 1.29 is 8.83 Å². The Hall–Kier alpha value is -6.32. The number of para-hydroxylation sites is 2. The lowest BCUT2D eigenvalue weighted by Gasteiger charge is -2.20. The molecule has 0 fully saturated rings. The smallest absolute Gasteiger partial charge is 0.135 e. The van der Waals surface area contributed by atoms with Gasteiger partial charge in [-0.3, -0.25) is 0 Å². The van der Waals surface area contributed by atoms with E-state index in [2.05, 4.69) is 132 Å². The molecule has 3 heteroatoms. The topological polar surface area (TPSA) is 30.7 Å². The molecule has 0 amide bonds. The molecule has 0 spiro atoms. The summed E-state index contributed by atoms with van der Waals surface area (Å²) in [7, 11) is 0. The van der Waals surface area contributed by atoms with E-state index in [1.807, 2.05) is 12.1 Å². The van der Waals surface area contributed by atoms with Gasteiger partial charge in [0.15, 0.2) is 0 Å². The normalized spacial score (nSPS) is 17.9. The highest BCUT2D eigenvalue weighted by atomic mass is 16.3. The molecule has 3 nitrogen and oxygen atoms in total. The van der Waals surface area contributed by atoms with Gasteiger partial charge in [0.25, 0.3) is 0 Å². The fraction of sp³-hybridized carbons (Fsp3) is 0.120. The number of aromatic nitrogens is 1. The van der Waals surface area contributed by atoms with Gasteiger partial charge in [0.1, 0.15) is 22.2 Å². The van der Waals surface area contributed by atoms with Crippen molar-refractivity contribution in [1.82, 2.24) is 4.40 Å². The Kier molecular flexibility index (Phi) is 5.43. The van der Waals surface area contributed by atoms with Crippen LogP contribution in [0.2, 0.25) is 0 Å². The number of aryl methyl sites for hydroxylation is 1. The zero-order valence-corrected chi connectivity index (χ0v) is 29.0. The molecule has 13 rings (SSSR count). The van der Waals surface area contributed by atoms with Crippen LogP contribution < -0.4 is 15.9 Å². The molecule has 4 heterocycles. The van der Waals surface area contributed by atoms with Crippen LogP contribution >= 0.6 is 0 Å². The first-order chi connectivity index (χ1) is 26.2. The molecular weight excluding hydrogens is 647 g/mol. The number of hydrogen-bond donors (Lipinski definition) is 0. The highest BCUT2D eigenvalue weighted by Gasteiger charge is 2.25. The molecule has 0 saturated heterocycles. The SMILES string of the molecule is C1=CC(c2ccc3oc4ccccc4c3c2)Cc2cc3c(cc21)c1c2c(c4cc5ccc(C6C=c7c(oc8ccccc78)=CC6)cc5cc4n23)=CCC1. The van der Waals surface area contributed by atoms with Gasteiger partial charge in [-0.15, -0.1) is 0 Å². The van der Waals surface area contributed by atoms with Crippen LogP contribution in [0.5, 0.6) is 0 Å². The first-order valence-corrected chi connectivity index (χ1v) is 19.0. The number of furan rings is 2. The van der Waals surface area contributed by atoms with Crippen molar-refractivity contribution in [3.8, 4) is 0 Å². The summed E-state index contributed by atoms with van der Waals surface area (Å²) in [6, 6.07) is 40.5. The molecule has 3 aliphatic rings. The highest BCUT2D eigenvalue weighted by molar-refractivity contribution is 6.08. The molecule has 2 atom stereocenters. The van der Waals surface area contributed by atoms with Crippen molar-refractivity contribution in [2.45, 2.75) is 37.5 Å². The molecule has 3 aliphatic carbocycles. The van der Waals surface area contributed by atoms with Crippen LogP contribution in [-0.2, 0) is 12.8 Å². The zero-order valence-electron chi connectivity index (χ0n) is 29.0. The average Bonchev–Trinajstić information content (AvgIpc) is 3.95. The van der Waals surface area contributed by atoms with Crippen LogP contribution in [0, 0.1) is 0 Å². The van der Waals surface area contributed by atoms with Gasteiger partial charge in [-0.2, -0.15) is 0 Å². The van der Waals surface area contributed by atoms with E-state index in [0.717, 1.165) is 47.8 Å². The largest absolute Gasteiger partial charge is 0.456 e. The molecule has 53 heavy (non-hydrogen) atoms. The molecule has 0 radical (unpaired) electrons. The van der Waals surface area contributed by atoms with Gasteiger partial charge >= 0.3 is 0 Å². The van der Waals surface area contributed by atoms with Gasteiger partial charge < -0.3 is 13.2 Å². The molecule has 0 bridgehead atoms. The molecular formula is C50H33NO2. The third-order valence-corrected chi connectivity index (χ3v) is 12.6. The predicted octanol–water partition coefficient (Wildman–Crippen LogP) is 10.6. The maximum atomic E-state index is 6.18. The van der Waals surface area contributed by atoms with Crippen LogP contribution in [0.15, 0.2) is 124 Å². The predicted molar refractivity (Wildman–Crippen MR) is 219 cm³/mol. The fourth-order valence-corrected chi connectivity index (χ4v) is 10.1. The summed E-state index contributed by atoms with van der Waals surface area (Å²) in [5.74, 6) is 0.630. The van der Waals surface area contributed by atoms with Crippen molar-refractivity contribution in [2.24, 2.45) is 0 Å². The summed E-state index contributed by atoms with van der Waals surface area (Å²) in [6.07, 6.45) is 16.0. The molecule has 10 aromatic rings. The third-order valence-electron chi connectivity index (χ3n) is 12.6. The Morgan fingerprint density at radius 3 is 2.34 bits per heavy atom. The van der Waals surface area contributed by atoms with Gasteiger partial charge in [-0.25, -0.2) is 0 Å². The Morgan fingerprint density at radius 1 is 0.585 bits per heavy atom. The monoisotopic (exact) mass is 679 g/mol. The Balaban J connectivity index is 0.953. The van der Waals surface area contributed by atoms with Gasteiger partial charge in [-0.1, -0.05) is 85.0 Å². The van der Waals surface area contributed by atoms with Crippen LogP contribution in [0.3, 0.4) is 0 Å². The molecule has 4 aromatic heterocycles. The van der Waals surface area contributed by atoms with E-state index in [-0.39, 0.29) is 0 Å². The summed E-state index contributed by atoms with van der Waals surface area (Å²) in [5.41, 5.74) is 14.9. The van der Waals surface area contributed by atoms with E-state index in [1.54, 1.807) is 0 Å². The van der Waals surface area contributed by atoms with Crippen molar-refractivity contribution in [3.05, 3.63) is 159 Å². The van der Waals surface area contributed by atoms with E-state index in [9.17, 15) is 0 Å². The van der Waals surface area contributed by atoms with E-state index in [4.69, 9.17) is 8.83 Å². The van der Waals surface area contributed by atoms with Gasteiger partial charge in [0.05, 0.1) is 16.6 Å². The second kappa shape index (κ2) is 10.2. The third kappa shape index (κ3) is 3.89. The van der Waals surface area contributed by atoms with Gasteiger partial charge in [0, 0.05) is 49.2 Å². The maximum Gasteiger partial charge on any atom is 0.135 e. The van der Waals surface area contributed by atoms with Crippen LogP contribution in [0.25, 0.3) is 95.3 Å². The van der Waals surface area contributed by atoms with E-state index >= 15 is 0 Å². The lowest BCUT2D eigenvalue weighted by molar-refractivity contribution is 0.570. The highest BCUT2D eigenvalue weighted by Crippen LogP contribution is 2.40. The molecule has 6 aromatic carbocycles. The lowest BCUT2D eigenvalue weighted by Crippen LogP contribution is -2.24. The van der Waals surface area contributed by atoms with Crippen LogP contribution in [0.1, 0.15) is 52.5 Å². The second-order valence-electron chi connectivity index (χ2n) is 15.5. The van der Waals surface area contributed by atoms with Crippen molar-refractivity contribution in [3.63, 3.8) is 0 Å². The number of rotatable bonds is 2. The van der Waals surface area contributed by atoms with Gasteiger partial charge in [-0.05, 0) is 119 Å². The number of benzene rings is 6. The Labute approximate surface area is 304 Å². The summed E-state index contributed by atoms with van der Waals surface area (Å²) >= 11 is 0. The Bertz CT molecular complexity index is 3480. The first-order valence-electron chi connectivity index (χ1n) is 19.0. The summed E-state index contributed by atoms with van der Waals surface area (Å²) in [5, 5.41) is 11.6. The first kappa shape index (κ1) is 28.3. The average molecular weight is 680 g/mol. The lowest BCUT2D eigenvalue weighted by atomic mass is 9.84. The number of allylic oxidation sites excluding steroid dienone is 1. The zero-order chi connectivity index (χ0) is 34.4. The Morgan fingerprint density at radius 2 is 1.40 bits per heavy atom. The summed E-state index contributed by atoms with van der Waals surface area (Å²) < 4.78 is 14.9. The number of fused-ring (bicyclic) bond motifs is 14. The number of hydrogen-bond acceptors (Lipinski definition) is 2. The summed E-state index contributed by atoms with van der Waals surface area (Å²) in [4.78, 5) is 0. The van der Waals surface area contributed by atoms with E-state index < -0.39 is 0 Å². The van der Waals surface area contributed by atoms with Crippen molar-refractivity contribution in [2.75, 3.05) is 0 Å². The quantitative estimate of drug-likeness (QED) is 0.182. The molecule has 0 saturated carbocycles. The summed E-state index contributed by atoms with van der Waals surface area (Å²) in [6.45, 7) is 0.